The summed E-state index contributed by atoms with van der Waals surface area (Å²) < 4.78 is 15.5. The van der Waals surface area contributed by atoms with E-state index in [2.05, 4.69) is 0 Å². The topological polar surface area (TPSA) is 85.2 Å². The lowest BCUT2D eigenvalue weighted by Crippen LogP contribution is -2.40. The number of rotatable bonds is 9. The molecule has 0 heterocycles. The lowest BCUT2D eigenvalue weighted by molar-refractivity contribution is -0.146. The second-order valence-corrected chi connectivity index (χ2v) is 4.99. The van der Waals surface area contributed by atoms with Crippen LogP contribution in [0.1, 0.15) is 25.7 Å². The first-order chi connectivity index (χ1) is 9.07. The van der Waals surface area contributed by atoms with Crippen molar-refractivity contribution in [3.63, 3.8) is 0 Å². The summed E-state index contributed by atoms with van der Waals surface area (Å²) in [5.74, 6) is -1.09. The highest BCUT2D eigenvalue weighted by Crippen LogP contribution is 2.32. The Balaban J connectivity index is 2.07. The molecule has 1 aliphatic carbocycles. The zero-order valence-electron chi connectivity index (χ0n) is 11.5. The van der Waals surface area contributed by atoms with Crippen molar-refractivity contribution in [3.8, 4) is 0 Å². The third kappa shape index (κ3) is 6.33. The molecule has 0 spiro atoms. The van der Waals surface area contributed by atoms with E-state index in [0.717, 1.165) is 0 Å². The number of methoxy groups -OCH3 is 1. The van der Waals surface area contributed by atoms with Crippen molar-refractivity contribution in [2.75, 3.05) is 40.1 Å². The molecule has 6 heteroatoms. The summed E-state index contributed by atoms with van der Waals surface area (Å²) in [5.41, 5.74) is -0.877. The van der Waals surface area contributed by atoms with Crippen LogP contribution in [0.25, 0.3) is 0 Å². The van der Waals surface area contributed by atoms with Gasteiger partial charge in [-0.15, -0.1) is 0 Å². The van der Waals surface area contributed by atoms with E-state index >= 15 is 0 Å². The third-order valence-corrected chi connectivity index (χ3v) is 3.44. The van der Waals surface area contributed by atoms with Crippen molar-refractivity contribution in [1.82, 2.24) is 0 Å². The van der Waals surface area contributed by atoms with Crippen LogP contribution >= 0.6 is 0 Å². The molecule has 1 fully saturated rings. The average Bonchev–Trinajstić information content (AvgIpc) is 2.38. The normalized spacial score (nSPS) is 27.4. The Morgan fingerprint density at radius 2 is 1.74 bits per heavy atom. The highest BCUT2D eigenvalue weighted by Gasteiger charge is 2.35. The molecular formula is C13H24O6. The average molecular weight is 276 g/mol. The number of ether oxygens (including phenoxy) is 3. The molecule has 0 amide bonds. The van der Waals surface area contributed by atoms with Crippen LogP contribution in [0.2, 0.25) is 0 Å². The monoisotopic (exact) mass is 276 g/mol. The molecule has 1 saturated carbocycles. The van der Waals surface area contributed by atoms with Gasteiger partial charge in [0.05, 0.1) is 44.6 Å². The Morgan fingerprint density at radius 1 is 1.16 bits per heavy atom. The van der Waals surface area contributed by atoms with Crippen LogP contribution in [0.3, 0.4) is 0 Å². The van der Waals surface area contributed by atoms with Gasteiger partial charge in [-0.1, -0.05) is 0 Å². The maximum atomic E-state index is 10.8. The van der Waals surface area contributed by atoms with Crippen LogP contribution < -0.4 is 0 Å². The summed E-state index contributed by atoms with van der Waals surface area (Å²) in [6, 6.07) is 0. The molecule has 0 saturated heterocycles. The largest absolute Gasteiger partial charge is 0.481 e. The van der Waals surface area contributed by atoms with E-state index in [-0.39, 0.29) is 12.5 Å². The molecule has 19 heavy (non-hydrogen) atoms. The first-order valence-corrected chi connectivity index (χ1v) is 6.67. The van der Waals surface area contributed by atoms with Gasteiger partial charge in [-0.3, -0.25) is 4.79 Å². The summed E-state index contributed by atoms with van der Waals surface area (Å²) >= 11 is 0. The molecule has 0 aromatic carbocycles. The quantitative estimate of drug-likeness (QED) is 0.602. The first kappa shape index (κ1) is 16.4. The Bertz CT molecular complexity index is 260. The number of carboxylic acids is 1. The number of hydrogen-bond donors (Lipinski definition) is 2. The highest BCUT2D eigenvalue weighted by atomic mass is 16.5. The zero-order chi connectivity index (χ0) is 14.1. The fourth-order valence-corrected chi connectivity index (χ4v) is 2.17. The van der Waals surface area contributed by atoms with Crippen LogP contribution in [0.4, 0.5) is 0 Å². The standard InChI is InChI=1S/C13H24O6/c1-17-6-7-18-8-9-19-10-13(16)4-2-11(3-5-13)12(14)15/h11,16H,2-10H2,1H3,(H,14,15). The van der Waals surface area contributed by atoms with Crippen LogP contribution in [0, 0.1) is 5.92 Å². The van der Waals surface area contributed by atoms with E-state index in [4.69, 9.17) is 19.3 Å². The first-order valence-electron chi connectivity index (χ1n) is 6.67. The number of carbonyl (C=O) groups is 1. The molecule has 0 bridgehead atoms. The molecule has 1 aliphatic rings. The van der Waals surface area contributed by atoms with Gasteiger partial charge in [0.2, 0.25) is 0 Å². The maximum Gasteiger partial charge on any atom is 0.306 e. The smallest absolute Gasteiger partial charge is 0.306 e. The summed E-state index contributed by atoms with van der Waals surface area (Å²) in [5, 5.41) is 19.1. The minimum Gasteiger partial charge on any atom is -0.481 e. The Morgan fingerprint density at radius 3 is 2.32 bits per heavy atom. The van der Waals surface area contributed by atoms with Gasteiger partial charge >= 0.3 is 5.97 Å². The molecule has 0 aliphatic heterocycles. The minimum absolute atomic E-state index is 0.243. The molecule has 2 N–H and O–H groups in total. The van der Waals surface area contributed by atoms with Gasteiger partial charge in [0.15, 0.2) is 0 Å². The number of carboxylic acid groups (broad SMARTS) is 1. The Hall–Kier alpha value is -0.690. The molecular weight excluding hydrogens is 252 g/mol. The fourth-order valence-electron chi connectivity index (χ4n) is 2.17. The lowest BCUT2D eigenvalue weighted by atomic mass is 9.79. The molecule has 0 unspecified atom stereocenters. The molecule has 1 rings (SSSR count). The Labute approximate surface area is 113 Å². The van der Waals surface area contributed by atoms with E-state index < -0.39 is 11.6 Å². The van der Waals surface area contributed by atoms with Crippen LogP contribution in [-0.2, 0) is 19.0 Å². The van der Waals surface area contributed by atoms with Gasteiger partial charge < -0.3 is 24.4 Å². The predicted octanol–water partition coefficient (Wildman–Crippen LogP) is 0.672. The second kappa shape index (κ2) is 8.47. The second-order valence-electron chi connectivity index (χ2n) is 4.99. The van der Waals surface area contributed by atoms with Gasteiger partial charge in [-0.25, -0.2) is 0 Å². The van der Waals surface area contributed by atoms with E-state index in [1.54, 1.807) is 7.11 Å². The summed E-state index contributed by atoms with van der Waals surface area (Å²) in [7, 11) is 1.61. The summed E-state index contributed by atoms with van der Waals surface area (Å²) in [4.78, 5) is 10.8. The van der Waals surface area contributed by atoms with Gasteiger partial charge in [0.1, 0.15) is 0 Å². The van der Waals surface area contributed by atoms with Gasteiger partial charge in [-0.05, 0) is 25.7 Å². The molecule has 0 radical (unpaired) electrons. The fraction of sp³-hybridized carbons (Fsp3) is 0.923. The van der Waals surface area contributed by atoms with Crippen LogP contribution in [0.5, 0.6) is 0 Å². The highest BCUT2D eigenvalue weighted by molar-refractivity contribution is 5.70. The lowest BCUT2D eigenvalue weighted by Gasteiger charge is -2.34. The number of aliphatic hydroxyl groups is 1. The SMILES string of the molecule is COCCOCCOCC1(O)CCC(C(=O)O)CC1. The third-order valence-electron chi connectivity index (χ3n) is 3.44. The summed E-state index contributed by atoms with van der Waals surface area (Å²) in [6.45, 7) is 2.23. The molecule has 0 atom stereocenters. The molecule has 112 valence electrons. The van der Waals surface area contributed by atoms with Gasteiger partial charge in [-0.2, -0.15) is 0 Å². The van der Waals surface area contributed by atoms with Crippen molar-refractivity contribution in [1.29, 1.82) is 0 Å². The van der Waals surface area contributed by atoms with E-state index in [1.165, 1.54) is 0 Å². The minimum atomic E-state index is -0.877. The maximum absolute atomic E-state index is 10.8. The van der Waals surface area contributed by atoms with Crippen LogP contribution in [0.15, 0.2) is 0 Å². The van der Waals surface area contributed by atoms with Gasteiger partial charge in [0.25, 0.3) is 0 Å². The molecule has 0 aromatic heterocycles. The van der Waals surface area contributed by atoms with Gasteiger partial charge in [0, 0.05) is 7.11 Å². The predicted molar refractivity (Wildman–Crippen MR) is 68.1 cm³/mol. The van der Waals surface area contributed by atoms with Crippen molar-refractivity contribution >= 4 is 5.97 Å². The number of hydrogen-bond acceptors (Lipinski definition) is 5. The number of aliphatic carboxylic acids is 1. The molecule has 6 nitrogen and oxygen atoms in total. The molecule has 0 aromatic rings. The van der Waals surface area contributed by atoms with E-state index in [1.807, 2.05) is 0 Å². The van der Waals surface area contributed by atoms with Crippen molar-refractivity contribution in [3.05, 3.63) is 0 Å². The van der Waals surface area contributed by atoms with Crippen molar-refractivity contribution in [2.24, 2.45) is 5.92 Å². The van der Waals surface area contributed by atoms with Crippen molar-refractivity contribution < 1.29 is 29.2 Å². The van der Waals surface area contributed by atoms with Crippen molar-refractivity contribution in [2.45, 2.75) is 31.3 Å². The van der Waals surface area contributed by atoms with E-state index in [9.17, 15) is 9.90 Å². The summed E-state index contributed by atoms with van der Waals surface area (Å²) in [6.07, 6.45) is 1.99. The Kier molecular flexibility index (Phi) is 7.30. The van der Waals surface area contributed by atoms with E-state index in [0.29, 0.717) is 52.1 Å². The van der Waals surface area contributed by atoms with Crippen LogP contribution in [-0.4, -0.2) is 61.9 Å². The zero-order valence-corrected chi connectivity index (χ0v) is 11.5.